The van der Waals surface area contributed by atoms with Gasteiger partial charge in [0.2, 0.25) is 5.91 Å². The lowest BCUT2D eigenvalue weighted by molar-refractivity contribution is -0.120. The number of benzene rings is 1. The van der Waals surface area contributed by atoms with Gasteiger partial charge in [-0.1, -0.05) is 6.07 Å². The summed E-state index contributed by atoms with van der Waals surface area (Å²) in [4.78, 5) is 14.4. The summed E-state index contributed by atoms with van der Waals surface area (Å²) in [5.41, 5.74) is 7.18. The minimum Gasteiger partial charge on any atom is -0.495 e. The number of hydrogen-bond acceptors (Lipinski definition) is 4. The second-order valence-electron chi connectivity index (χ2n) is 5.71. The molecule has 0 aliphatic heterocycles. The summed E-state index contributed by atoms with van der Waals surface area (Å²) >= 11 is 0. The first-order valence-electron chi connectivity index (χ1n) is 6.84. The predicted octanol–water partition coefficient (Wildman–Crippen LogP) is 1.43. The molecular weight excluding hydrogens is 254 g/mol. The molecule has 20 heavy (non-hydrogen) atoms. The molecule has 0 heterocycles. The molecule has 1 amide bonds. The summed E-state index contributed by atoms with van der Waals surface area (Å²) in [5, 5.41) is 2.97. The van der Waals surface area contributed by atoms with E-state index in [1.54, 1.807) is 7.11 Å². The number of ether oxygens (including phenoxy) is 1. The molecule has 1 fully saturated rings. The number of anilines is 1. The van der Waals surface area contributed by atoms with Crippen LogP contribution in [-0.4, -0.2) is 38.6 Å². The molecule has 0 bridgehead atoms. The number of nitrogens with one attached hydrogen (secondary N) is 1. The second kappa shape index (κ2) is 5.81. The van der Waals surface area contributed by atoms with Gasteiger partial charge in [-0.3, -0.25) is 4.79 Å². The van der Waals surface area contributed by atoms with Crippen molar-refractivity contribution < 1.29 is 9.53 Å². The molecule has 0 radical (unpaired) electrons. The van der Waals surface area contributed by atoms with Crippen LogP contribution in [0.2, 0.25) is 0 Å². The quantitative estimate of drug-likeness (QED) is 0.825. The van der Waals surface area contributed by atoms with Gasteiger partial charge in [0.15, 0.2) is 0 Å². The summed E-state index contributed by atoms with van der Waals surface area (Å²) in [6.07, 6.45) is 1.74. The third kappa shape index (κ3) is 3.11. The first-order chi connectivity index (χ1) is 9.50. The highest BCUT2D eigenvalue weighted by atomic mass is 16.5. The number of carbonyl (C=O) groups excluding carboxylic acids is 1. The van der Waals surface area contributed by atoms with Crippen LogP contribution < -0.4 is 15.8 Å². The fourth-order valence-electron chi connectivity index (χ4n) is 2.25. The summed E-state index contributed by atoms with van der Waals surface area (Å²) in [6, 6.07) is 5.85. The SMILES string of the molecule is COc1ccc(CN(C)C)cc1NC(=O)C1(CN)CC1. The Bertz CT molecular complexity index is 496. The number of nitrogens with zero attached hydrogens (tertiary/aromatic N) is 1. The number of methoxy groups -OCH3 is 1. The summed E-state index contributed by atoms with van der Waals surface area (Å²) < 4.78 is 5.31. The average molecular weight is 277 g/mol. The molecule has 1 saturated carbocycles. The van der Waals surface area contributed by atoms with Crippen molar-refractivity contribution >= 4 is 11.6 Å². The van der Waals surface area contributed by atoms with E-state index < -0.39 is 0 Å². The van der Waals surface area contributed by atoms with E-state index in [-0.39, 0.29) is 11.3 Å². The normalized spacial score (nSPS) is 16.1. The van der Waals surface area contributed by atoms with Gasteiger partial charge in [-0.25, -0.2) is 0 Å². The largest absolute Gasteiger partial charge is 0.495 e. The Labute approximate surface area is 120 Å². The zero-order valence-corrected chi connectivity index (χ0v) is 12.4. The Balaban J connectivity index is 2.18. The molecule has 0 unspecified atom stereocenters. The fraction of sp³-hybridized carbons (Fsp3) is 0.533. The van der Waals surface area contributed by atoms with Crippen molar-refractivity contribution in [1.29, 1.82) is 0 Å². The maximum absolute atomic E-state index is 12.3. The van der Waals surface area contributed by atoms with Crippen LogP contribution in [0.15, 0.2) is 18.2 Å². The first kappa shape index (κ1) is 14.8. The Morgan fingerprint density at radius 1 is 1.45 bits per heavy atom. The Morgan fingerprint density at radius 3 is 2.65 bits per heavy atom. The highest BCUT2D eigenvalue weighted by molar-refractivity contribution is 5.98. The summed E-state index contributed by atoms with van der Waals surface area (Å²) in [5.74, 6) is 0.675. The van der Waals surface area contributed by atoms with Crippen LogP contribution in [0.5, 0.6) is 5.75 Å². The molecule has 5 heteroatoms. The highest BCUT2D eigenvalue weighted by Gasteiger charge is 2.48. The number of rotatable bonds is 6. The van der Waals surface area contributed by atoms with Crippen molar-refractivity contribution in [3.8, 4) is 5.75 Å². The molecule has 1 aromatic carbocycles. The van der Waals surface area contributed by atoms with Crippen LogP contribution in [0.25, 0.3) is 0 Å². The molecule has 3 N–H and O–H groups in total. The number of amides is 1. The highest BCUT2D eigenvalue weighted by Crippen LogP contribution is 2.45. The Hall–Kier alpha value is -1.59. The van der Waals surface area contributed by atoms with Crippen molar-refractivity contribution in [3.05, 3.63) is 23.8 Å². The van der Waals surface area contributed by atoms with E-state index in [0.717, 1.165) is 30.6 Å². The van der Waals surface area contributed by atoms with Crippen molar-refractivity contribution in [3.63, 3.8) is 0 Å². The predicted molar refractivity (Wildman–Crippen MR) is 79.7 cm³/mol. The van der Waals surface area contributed by atoms with Gasteiger partial charge < -0.3 is 20.7 Å². The van der Waals surface area contributed by atoms with E-state index in [2.05, 4.69) is 10.2 Å². The second-order valence-corrected chi connectivity index (χ2v) is 5.71. The smallest absolute Gasteiger partial charge is 0.231 e. The van der Waals surface area contributed by atoms with Crippen molar-refractivity contribution in [2.24, 2.45) is 11.1 Å². The lowest BCUT2D eigenvalue weighted by atomic mass is 10.1. The summed E-state index contributed by atoms with van der Waals surface area (Å²) in [7, 11) is 5.62. The maximum atomic E-state index is 12.3. The van der Waals surface area contributed by atoms with Crippen LogP contribution in [0.1, 0.15) is 18.4 Å². The molecule has 1 aliphatic rings. The topological polar surface area (TPSA) is 67.6 Å². The molecule has 0 saturated heterocycles. The molecule has 2 rings (SSSR count). The zero-order valence-electron chi connectivity index (χ0n) is 12.4. The van der Waals surface area contributed by atoms with Crippen LogP contribution in [0.3, 0.4) is 0 Å². The van der Waals surface area contributed by atoms with E-state index in [9.17, 15) is 4.79 Å². The van der Waals surface area contributed by atoms with E-state index in [1.807, 2.05) is 32.3 Å². The van der Waals surface area contributed by atoms with Gasteiger partial charge in [0.25, 0.3) is 0 Å². The standard InChI is InChI=1S/C15H23N3O2/c1-18(2)9-11-4-5-13(20-3)12(8-11)17-14(19)15(10-16)6-7-15/h4-5,8H,6-7,9-10,16H2,1-3H3,(H,17,19). The van der Waals surface area contributed by atoms with Gasteiger partial charge in [-0.2, -0.15) is 0 Å². The van der Waals surface area contributed by atoms with Gasteiger partial charge in [-0.05, 0) is 44.6 Å². The van der Waals surface area contributed by atoms with Gasteiger partial charge in [0, 0.05) is 13.1 Å². The van der Waals surface area contributed by atoms with Gasteiger partial charge in [0.05, 0.1) is 18.2 Å². The number of nitrogens with two attached hydrogens (primary N) is 1. The molecule has 0 spiro atoms. The minimum absolute atomic E-state index is 0.000281. The van der Waals surface area contributed by atoms with Gasteiger partial charge in [-0.15, -0.1) is 0 Å². The lowest BCUT2D eigenvalue weighted by Gasteiger charge is -2.17. The lowest BCUT2D eigenvalue weighted by Crippen LogP contribution is -2.31. The molecule has 0 aromatic heterocycles. The molecule has 1 aromatic rings. The van der Waals surface area contributed by atoms with Crippen molar-refractivity contribution in [2.45, 2.75) is 19.4 Å². The molecule has 0 atom stereocenters. The molecule has 1 aliphatic carbocycles. The zero-order chi connectivity index (χ0) is 14.8. The maximum Gasteiger partial charge on any atom is 0.231 e. The van der Waals surface area contributed by atoms with Gasteiger partial charge >= 0.3 is 0 Å². The van der Waals surface area contributed by atoms with E-state index >= 15 is 0 Å². The molecular formula is C15H23N3O2. The van der Waals surface area contributed by atoms with E-state index in [1.165, 1.54) is 0 Å². The van der Waals surface area contributed by atoms with E-state index in [4.69, 9.17) is 10.5 Å². The van der Waals surface area contributed by atoms with E-state index in [0.29, 0.717) is 12.3 Å². The minimum atomic E-state index is -0.359. The summed E-state index contributed by atoms with van der Waals surface area (Å²) in [6.45, 7) is 1.22. The number of hydrogen-bond donors (Lipinski definition) is 2. The van der Waals surface area contributed by atoms with Crippen LogP contribution in [0.4, 0.5) is 5.69 Å². The van der Waals surface area contributed by atoms with Crippen molar-refractivity contribution in [2.75, 3.05) is 33.1 Å². The Kier molecular flexibility index (Phi) is 4.30. The fourth-order valence-corrected chi connectivity index (χ4v) is 2.25. The molecule has 5 nitrogen and oxygen atoms in total. The average Bonchev–Trinajstić information content (AvgIpc) is 3.19. The molecule has 110 valence electrons. The van der Waals surface area contributed by atoms with Crippen LogP contribution >= 0.6 is 0 Å². The number of carbonyl (C=O) groups is 1. The monoisotopic (exact) mass is 277 g/mol. The third-order valence-electron chi connectivity index (χ3n) is 3.74. The van der Waals surface area contributed by atoms with Crippen molar-refractivity contribution in [1.82, 2.24) is 4.90 Å². The van der Waals surface area contributed by atoms with Gasteiger partial charge in [0.1, 0.15) is 5.75 Å². The Morgan fingerprint density at radius 2 is 2.15 bits per heavy atom. The van der Waals surface area contributed by atoms with Crippen LogP contribution in [-0.2, 0) is 11.3 Å². The first-order valence-corrected chi connectivity index (χ1v) is 6.84. The van der Waals surface area contributed by atoms with Crippen LogP contribution in [0, 0.1) is 5.41 Å². The third-order valence-corrected chi connectivity index (χ3v) is 3.74.